The van der Waals surface area contributed by atoms with Gasteiger partial charge in [-0.05, 0) is 0 Å². The summed E-state index contributed by atoms with van der Waals surface area (Å²) < 4.78 is 34.9. The van der Waals surface area contributed by atoms with Gasteiger partial charge >= 0.3 is 6.18 Å². The molecule has 0 bridgehead atoms. The minimum Gasteiger partial charge on any atom is -0.310 e. The maximum absolute atomic E-state index is 11.6. The summed E-state index contributed by atoms with van der Waals surface area (Å²) in [4.78, 5) is 0. The molecule has 1 rings (SSSR count). The van der Waals surface area contributed by atoms with E-state index < -0.39 is 12.6 Å². The van der Waals surface area contributed by atoms with E-state index in [1.807, 2.05) is 0 Å². The van der Waals surface area contributed by atoms with Crippen LogP contribution in [0, 0.1) is 0 Å². The summed E-state index contributed by atoms with van der Waals surface area (Å²) in [6.45, 7) is 0.963. The van der Waals surface area contributed by atoms with Crippen molar-refractivity contribution in [3.8, 4) is 0 Å². The van der Waals surface area contributed by atoms with Crippen molar-refractivity contribution < 1.29 is 13.2 Å². The van der Waals surface area contributed by atoms with Gasteiger partial charge in [-0.3, -0.25) is 0 Å². The first kappa shape index (κ1) is 10.8. The Morgan fingerprint density at radius 1 is 1.45 bits per heavy atom. The lowest BCUT2D eigenvalue weighted by Crippen LogP contribution is -2.13. The molecule has 1 heterocycles. The fraction of sp³-hybridized carbons (Fsp3) is 0.667. The van der Waals surface area contributed by atoms with Crippen LogP contribution >= 0.6 is 12.4 Å². The van der Waals surface area contributed by atoms with Crippen molar-refractivity contribution in [3.63, 3.8) is 0 Å². The van der Waals surface area contributed by atoms with Crippen molar-refractivity contribution in [3.05, 3.63) is 11.6 Å². The van der Waals surface area contributed by atoms with Gasteiger partial charge in [0.15, 0.2) is 0 Å². The Morgan fingerprint density at radius 3 is 2.45 bits per heavy atom. The van der Waals surface area contributed by atoms with E-state index in [1.165, 1.54) is 0 Å². The zero-order chi connectivity index (χ0) is 7.61. The molecule has 0 radical (unpaired) electrons. The van der Waals surface area contributed by atoms with Crippen LogP contribution in [0.4, 0.5) is 13.2 Å². The molecule has 0 aromatic rings. The summed E-state index contributed by atoms with van der Waals surface area (Å²) in [6.07, 6.45) is -3.22. The molecule has 1 nitrogen and oxygen atoms in total. The van der Waals surface area contributed by atoms with E-state index in [9.17, 15) is 13.2 Å². The van der Waals surface area contributed by atoms with Gasteiger partial charge in [-0.1, -0.05) is 11.6 Å². The average molecular weight is 188 g/mol. The fourth-order valence-corrected chi connectivity index (χ4v) is 0.914. The van der Waals surface area contributed by atoms with E-state index in [-0.39, 0.29) is 12.4 Å². The second-order valence-corrected chi connectivity index (χ2v) is 2.29. The summed E-state index contributed by atoms with van der Waals surface area (Å²) >= 11 is 0. The topological polar surface area (TPSA) is 12.0 Å². The predicted octanol–water partition coefficient (Wildman–Crippen LogP) is 1.89. The Morgan fingerprint density at radius 2 is 2.09 bits per heavy atom. The third-order valence-electron chi connectivity index (χ3n) is 1.31. The first-order valence-corrected chi connectivity index (χ1v) is 3.03. The van der Waals surface area contributed by atoms with Gasteiger partial charge in [0.05, 0.1) is 6.42 Å². The maximum Gasteiger partial charge on any atom is 0.392 e. The maximum atomic E-state index is 11.6. The van der Waals surface area contributed by atoms with Crippen molar-refractivity contribution in [2.75, 3.05) is 13.1 Å². The molecule has 0 spiro atoms. The molecule has 0 amide bonds. The molecule has 0 fully saturated rings. The van der Waals surface area contributed by atoms with Crippen LogP contribution < -0.4 is 5.32 Å². The second kappa shape index (κ2) is 3.97. The molecule has 0 aliphatic carbocycles. The molecule has 5 heteroatoms. The van der Waals surface area contributed by atoms with E-state index in [0.717, 1.165) is 0 Å². The van der Waals surface area contributed by atoms with E-state index in [0.29, 0.717) is 18.7 Å². The molecular formula is C6H9ClF3N. The van der Waals surface area contributed by atoms with Crippen LogP contribution in [-0.4, -0.2) is 19.3 Å². The van der Waals surface area contributed by atoms with Gasteiger partial charge in [-0.2, -0.15) is 13.2 Å². The number of hydrogen-bond acceptors (Lipinski definition) is 1. The third-order valence-corrected chi connectivity index (χ3v) is 1.31. The molecule has 0 saturated carbocycles. The lowest BCUT2D eigenvalue weighted by molar-refractivity contribution is -0.127. The molecule has 0 atom stereocenters. The summed E-state index contributed by atoms with van der Waals surface area (Å²) in [5.41, 5.74) is 0.451. The Balaban J connectivity index is 0.000001000. The molecule has 1 N–H and O–H groups in total. The molecule has 0 aromatic heterocycles. The number of nitrogens with one attached hydrogen (secondary N) is 1. The van der Waals surface area contributed by atoms with Gasteiger partial charge < -0.3 is 5.32 Å². The Labute approximate surface area is 69.1 Å². The molecule has 11 heavy (non-hydrogen) atoms. The minimum atomic E-state index is -4.04. The van der Waals surface area contributed by atoms with Crippen molar-refractivity contribution >= 4 is 12.4 Å². The average Bonchev–Trinajstić information content (AvgIpc) is 2.12. The highest BCUT2D eigenvalue weighted by Gasteiger charge is 2.29. The van der Waals surface area contributed by atoms with E-state index >= 15 is 0 Å². The van der Waals surface area contributed by atoms with Crippen LogP contribution in [0.2, 0.25) is 0 Å². The summed E-state index contributed by atoms with van der Waals surface area (Å²) in [5, 5.41) is 2.80. The molecule has 0 saturated heterocycles. The van der Waals surface area contributed by atoms with Crippen molar-refractivity contribution in [2.45, 2.75) is 12.6 Å². The normalized spacial score (nSPS) is 17.5. The SMILES string of the molecule is Cl.FC(F)(F)CC1=CCNC1. The number of alkyl halides is 3. The molecular weight excluding hydrogens is 179 g/mol. The molecule has 1 aliphatic rings. The minimum absolute atomic E-state index is 0. The summed E-state index contributed by atoms with van der Waals surface area (Å²) in [6, 6.07) is 0. The monoisotopic (exact) mass is 187 g/mol. The fourth-order valence-electron chi connectivity index (χ4n) is 0.914. The van der Waals surface area contributed by atoms with Crippen LogP contribution in [0.1, 0.15) is 6.42 Å². The molecule has 0 aromatic carbocycles. The smallest absolute Gasteiger partial charge is 0.310 e. The lowest BCUT2D eigenvalue weighted by Gasteiger charge is -2.05. The van der Waals surface area contributed by atoms with Gasteiger partial charge in [0.2, 0.25) is 0 Å². The van der Waals surface area contributed by atoms with Gasteiger partial charge in [0.25, 0.3) is 0 Å². The molecule has 66 valence electrons. The number of hydrogen-bond donors (Lipinski definition) is 1. The quantitative estimate of drug-likeness (QED) is 0.619. The van der Waals surface area contributed by atoms with E-state index in [4.69, 9.17) is 0 Å². The lowest BCUT2D eigenvalue weighted by atomic mass is 10.2. The van der Waals surface area contributed by atoms with Crippen LogP contribution in [0.3, 0.4) is 0 Å². The van der Waals surface area contributed by atoms with Gasteiger partial charge in [0.1, 0.15) is 0 Å². The molecule has 1 aliphatic heterocycles. The highest BCUT2D eigenvalue weighted by Crippen LogP contribution is 2.24. The standard InChI is InChI=1S/C6H8F3N.ClH/c7-6(8,9)3-5-1-2-10-4-5;/h1,10H,2-4H2;1H. The van der Waals surface area contributed by atoms with Crippen LogP contribution in [0.5, 0.6) is 0 Å². The largest absolute Gasteiger partial charge is 0.392 e. The Bertz CT molecular complexity index is 152. The van der Waals surface area contributed by atoms with Gasteiger partial charge in [-0.25, -0.2) is 0 Å². The zero-order valence-corrected chi connectivity index (χ0v) is 6.56. The van der Waals surface area contributed by atoms with Crippen LogP contribution in [0.15, 0.2) is 11.6 Å². The Hall–Kier alpha value is -0.220. The zero-order valence-electron chi connectivity index (χ0n) is 5.74. The van der Waals surface area contributed by atoms with Crippen molar-refractivity contribution in [2.24, 2.45) is 0 Å². The van der Waals surface area contributed by atoms with Crippen LogP contribution in [-0.2, 0) is 0 Å². The highest BCUT2D eigenvalue weighted by molar-refractivity contribution is 5.85. The first-order chi connectivity index (χ1) is 4.58. The number of rotatable bonds is 1. The van der Waals surface area contributed by atoms with E-state index in [1.54, 1.807) is 6.08 Å². The van der Waals surface area contributed by atoms with Gasteiger partial charge in [0, 0.05) is 13.1 Å². The third kappa shape index (κ3) is 4.27. The van der Waals surface area contributed by atoms with Crippen molar-refractivity contribution in [1.29, 1.82) is 0 Å². The predicted molar refractivity (Wildman–Crippen MR) is 38.9 cm³/mol. The van der Waals surface area contributed by atoms with Crippen molar-refractivity contribution in [1.82, 2.24) is 5.32 Å². The van der Waals surface area contributed by atoms with E-state index in [2.05, 4.69) is 5.32 Å². The second-order valence-electron chi connectivity index (χ2n) is 2.29. The molecule has 0 unspecified atom stereocenters. The summed E-state index contributed by atoms with van der Waals surface area (Å²) in [7, 11) is 0. The highest BCUT2D eigenvalue weighted by atomic mass is 35.5. The first-order valence-electron chi connectivity index (χ1n) is 3.03. The Kier molecular flexibility index (Phi) is 3.89. The summed E-state index contributed by atoms with van der Waals surface area (Å²) in [5.74, 6) is 0. The number of halogens is 4. The van der Waals surface area contributed by atoms with Gasteiger partial charge in [-0.15, -0.1) is 12.4 Å². The van der Waals surface area contributed by atoms with Crippen LogP contribution in [0.25, 0.3) is 0 Å².